The van der Waals surface area contributed by atoms with Crippen LogP contribution in [0.2, 0.25) is 0 Å². The van der Waals surface area contributed by atoms with Crippen molar-refractivity contribution in [1.82, 2.24) is 20.0 Å². The smallest absolute Gasteiger partial charge is 0.348 e. The van der Waals surface area contributed by atoms with Crippen LogP contribution in [0, 0.1) is 0 Å². The van der Waals surface area contributed by atoms with Gasteiger partial charge in [0.1, 0.15) is 17.2 Å². The lowest BCUT2D eigenvalue weighted by molar-refractivity contribution is 0.0411. The van der Waals surface area contributed by atoms with E-state index in [2.05, 4.69) is 15.2 Å². The van der Waals surface area contributed by atoms with E-state index in [-0.39, 0.29) is 6.04 Å². The number of halogens is 2. The molecule has 0 aromatic carbocycles. The summed E-state index contributed by atoms with van der Waals surface area (Å²) in [5.74, 6) is 0.351. The highest BCUT2D eigenvalue weighted by Gasteiger charge is 2.33. The number of nitrogens with zero attached hydrogens (tertiary/aromatic N) is 5. The van der Waals surface area contributed by atoms with E-state index < -0.39 is 6.55 Å². The van der Waals surface area contributed by atoms with Gasteiger partial charge in [-0.1, -0.05) is 0 Å². The zero-order valence-electron chi connectivity index (χ0n) is 10.4. The predicted molar refractivity (Wildman–Crippen MR) is 65.7 cm³/mol. The number of anilines is 2. The molecule has 3 rings (SSSR count). The second kappa shape index (κ2) is 3.87. The van der Waals surface area contributed by atoms with Crippen molar-refractivity contribution in [3.05, 3.63) is 18.0 Å². The van der Waals surface area contributed by atoms with E-state index in [4.69, 9.17) is 5.73 Å². The minimum absolute atomic E-state index is 0.193. The van der Waals surface area contributed by atoms with Crippen LogP contribution in [0.15, 0.2) is 12.3 Å². The van der Waals surface area contributed by atoms with Crippen molar-refractivity contribution in [2.75, 3.05) is 17.7 Å². The Morgan fingerprint density at radius 2 is 2.11 bits per heavy atom. The molecule has 0 spiro atoms. The van der Waals surface area contributed by atoms with Gasteiger partial charge in [0, 0.05) is 18.8 Å². The van der Waals surface area contributed by atoms with Gasteiger partial charge in [0.05, 0.1) is 11.7 Å². The summed E-state index contributed by atoms with van der Waals surface area (Å²) in [6, 6.07) is 1.51. The van der Waals surface area contributed by atoms with Gasteiger partial charge in [0.25, 0.3) is 0 Å². The molecule has 1 atom stereocenters. The third kappa shape index (κ3) is 1.56. The summed E-state index contributed by atoms with van der Waals surface area (Å²) < 4.78 is 25.4. The van der Waals surface area contributed by atoms with Crippen molar-refractivity contribution in [2.45, 2.75) is 19.5 Å². The number of nitrogen functional groups attached to an aromatic ring is 1. The van der Waals surface area contributed by atoms with E-state index in [1.165, 1.54) is 6.20 Å². The molecule has 0 aliphatic carbocycles. The highest BCUT2D eigenvalue weighted by molar-refractivity contribution is 5.87. The van der Waals surface area contributed by atoms with Gasteiger partial charge in [-0.15, -0.1) is 9.90 Å². The van der Waals surface area contributed by atoms with Crippen molar-refractivity contribution < 1.29 is 8.78 Å². The van der Waals surface area contributed by atoms with Crippen LogP contribution in [0.5, 0.6) is 0 Å². The molecule has 0 fully saturated rings. The normalized spacial score (nSPS) is 17.5. The molecule has 3 heterocycles. The lowest BCUT2D eigenvalue weighted by Gasteiger charge is -2.32. The highest BCUT2D eigenvalue weighted by atomic mass is 19.3. The number of fused-ring (bicyclic) bond motifs is 3. The molecule has 0 radical (unpaired) electrons. The van der Waals surface area contributed by atoms with E-state index in [1.807, 2.05) is 18.9 Å². The standard InChI is InChI=1S/C11H12F2N6/c1-5-7-8(17-19(16-7)11(12)13)6-3-4-15-10(14)9(6)18(5)2/h3-5,11H,1-2H3,(H2,14,15). The molecule has 1 unspecified atom stereocenters. The third-order valence-corrected chi connectivity index (χ3v) is 3.37. The van der Waals surface area contributed by atoms with Crippen molar-refractivity contribution in [1.29, 1.82) is 0 Å². The first-order valence-corrected chi connectivity index (χ1v) is 5.73. The fraction of sp³-hybridized carbons (Fsp3) is 0.364. The quantitative estimate of drug-likeness (QED) is 0.852. The van der Waals surface area contributed by atoms with Gasteiger partial charge in [-0.3, -0.25) is 0 Å². The van der Waals surface area contributed by atoms with Crippen LogP contribution in [0.1, 0.15) is 25.2 Å². The molecule has 6 nitrogen and oxygen atoms in total. The van der Waals surface area contributed by atoms with Gasteiger partial charge in [0.15, 0.2) is 0 Å². The van der Waals surface area contributed by atoms with Gasteiger partial charge in [-0.25, -0.2) is 4.98 Å². The van der Waals surface area contributed by atoms with Crippen LogP contribution in [0.4, 0.5) is 20.3 Å². The molecule has 2 aromatic heterocycles. The Kier molecular flexibility index (Phi) is 2.41. The summed E-state index contributed by atoms with van der Waals surface area (Å²) in [5.41, 5.74) is 8.19. The largest absolute Gasteiger partial charge is 0.382 e. The Bertz CT molecular complexity index is 638. The Hall–Kier alpha value is -2.25. The van der Waals surface area contributed by atoms with Gasteiger partial charge in [-0.2, -0.15) is 13.9 Å². The van der Waals surface area contributed by atoms with Crippen LogP contribution in [0.3, 0.4) is 0 Å². The summed E-state index contributed by atoms with van der Waals surface area (Å²) in [7, 11) is 1.83. The Morgan fingerprint density at radius 1 is 1.37 bits per heavy atom. The van der Waals surface area contributed by atoms with Crippen molar-refractivity contribution in [3.8, 4) is 11.3 Å². The molecule has 0 saturated heterocycles. The zero-order valence-corrected chi connectivity index (χ0v) is 10.4. The van der Waals surface area contributed by atoms with Gasteiger partial charge in [-0.05, 0) is 13.0 Å². The van der Waals surface area contributed by atoms with Crippen molar-refractivity contribution in [2.24, 2.45) is 0 Å². The summed E-state index contributed by atoms with van der Waals surface area (Å²) in [4.78, 5) is 6.32. The number of hydrogen-bond donors (Lipinski definition) is 1. The van der Waals surface area contributed by atoms with Gasteiger partial charge >= 0.3 is 6.55 Å². The van der Waals surface area contributed by atoms with Crippen LogP contribution in [-0.2, 0) is 0 Å². The number of pyridine rings is 1. The SMILES string of the molecule is CC1c2nn(C(F)F)nc2-c2ccnc(N)c2N1C. The number of alkyl halides is 2. The Labute approximate surface area is 107 Å². The second-order valence-corrected chi connectivity index (χ2v) is 4.41. The fourth-order valence-electron chi connectivity index (χ4n) is 2.30. The average Bonchev–Trinajstić information content (AvgIpc) is 2.81. The van der Waals surface area contributed by atoms with Crippen LogP contribution >= 0.6 is 0 Å². The maximum Gasteiger partial charge on any atom is 0.348 e. The molecule has 1 aliphatic heterocycles. The molecule has 100 valence electrons. The van der Waals surface area contributed by atoms with Gasteiger partial charge in [0.2, 0.25) is 0 Å². The molecule has 0 bridgehead atoms. The lowest BCUT2D eigenvalue weighted by atomic mass is 9.99. The molecular weight excluding hydrogens is 254 g/mol. The topological polar surface area (TPSA) is 72.9 Å². The van der Waals surface area contributed by atoms with E-state index >= 15 is 0 Å². The number of nitrogens with two attached hydrogens (primary N) is 1. The van der Waals surface area contributed by atoms with Crippen LogP contribution in [-0.4, -0.2) is 27.0 Å². The molecule has 2 N–H and O–H groups in total. The van der Waals surface area contributed by atoms with E-state index in [9.17, 15) is 8.78 Å². The number of aromatic nitrogens is 4. The summed E-state index contributed by atoms with van der Waals surface area (Å²) >= 11 is 0. The average molecular weight is 266 g/mol. The number of rotatable bonds is 1. The third-order valence-electron chi connectivity index (χ3n) is 3.37. The monoisotopic (exact) mass is 266 g/mol. The van der Waals surface area contributed by atoms with E-state index in [1.54, 1.807) is 6.07 Å². The van der Waals surface area contributed by atoms with Crippen molar-refractivity contribution in [3.63, 3.8) is 0 Å². The predicted octanol–water partition coefficient (Wildman–Crippen LogP) is 1.83. The second-order valence-electron chi connectivity index (χ2n) is 4.41. The fourth-order valence-corrected chi connectivity index (χ4v) is 2.30. The van der Waals surface area contributed by atoms with Crippen LogP contribution in [0.25, 0.3) is 11.3 Å². The molecule has 19 heavy (non-hydrogen) atoms. The van der Waals surface area contributed by atoms with E-state index in [0.717, 1.165) is 0 Å². The minimum atomic E-state index is -2.76. The van der Waals surface area contributed by atoms with E-state index in [0.29, 0.717) is 33.3 Å². The molecule has 8 heteroatoms. The van der Waals surface area contributed by atoms with Crippen LogP contribution < -0.4 is 10.6 Å². The first-order chi connectivity index (χ1) is 9.00. The molecule has 2 aromatic rings. The minimum Gasteiger partial charge on any atom is -0.382 e. The number of hydrogen-bond acceptors (Lipinski definition) is 5. The van der Waals surface area contributed by atoms with Crippen molar-refractivity contribution >= 4 is 11.5 Å². The molecular formula is C11H12F2N6. The Balaban J connectivity index is 2.28. The maximum absolute atomic E-state index is 12.7. The molecule has 0 saturated carbocycles. The lowest BCUT2D eigenvalue weighted by Crippen LogP contribution is -2.27. The van der Waals surface area contributed by atoms with Gasteiger partial charge < -0.3 is 10.6 Å². The molecule has 0 amide bonds. The first-order valence-electron chi connectivity index (χ1n) is 5.73. The summed E-state index contributed by atoms with van der Waals surface area (Å²) in [6.07, 6.45) is 1.53. The Morgan fingerprint density at radius 3 is 2.79 bits per heavy atom. The zero-order chi connectivity index (χ0) is 13.7. The summed E-state index contributed by atoms with van der Waals surface area (Å²) in [6.45, 7) is -0.899. The summed E-state index contributed by atoms with van der Waals surface area (Å²) in [5, 5.41) is 7.73. The molecule has 1 aliphatic rings. The maximum atomic E-state index is 12.7. The first kappa shape index (κ1) is 11.8. The highest BCUT2D eigenvalue weighted by Crippen LogP contribution is 2.44.